The summed E-state index contributed by atoms with van der Waals surface area (Å²) >= 11 is 0. The number of amides is 1. The number of hydrogen-bond donors (Lipinski definition) is 2. The fourth-order valence-corrected chi connectivity index (χ4v) is 4.75. The summed E-state index contributed by atoms with van der Waals surface area (Å²) in [5.41, 5.74) is 3.00. The number of nitrogens with zero attached hydrogens (tertiary/aromatic N) is 1. The average Bonchev–Trinajstić information content (AvgIpc) is 3.59. The normalized spacial score (nSPS) is 17.6. The van der Waals surface area contributed by atoms with Gasteiger partial charge in [-0.05, 0) is 47.9 Å². The van der Waals surface area contributed by atoms with Crippen molar-refractivity contribution >= 4 is 28.4 Å². The molecule has 0 bridgehead atoms. The third-order valence-electron chi connectivity index (χ3n) is 6.49. The summed E-state index contributed by atoms with van der Waals surface area (Å²) < 4.78 is 10.9. The fourth-order valence-electron chi connectivity index (χ4n) is 4.75. The highest BCUT2D eigenvalue weighted by molar-refractivity contribution is 6.46. The molecule has 1 aliphatic rings. The number of fused-ring (bicyclic) bond motifs is 1. The number of ether oxygens (including phenoxy) is 1. The SMILES string of the molecule is COc1ccc(/C(O)=C2\C(=O)C(=O)N(Cc3ccco3)C2c2c[nH]c3ccccc23)cc1C(C)C. The van der Waals surface area contributed by atoms with Crippen LogP contribution < -0.4 is 4.74 Å². The van der Waals surface area contributed by atoms with Gasteiger partial charge in [0.2, 0.25) is 0 Å². The molecule has 1 fully saturated rings. The number of H-pyrrole nitrogens is 1. The summed E-state index contributed by atoms with van der Waals surface area (Å²) in [5, 5.41) is 12.3. The molecular formula is C28H26N2O5. The number of aliphatic hydroxyl groups excluding tert-OH is 1. The fraction of sp³-hybridized carbons (Fsp3) is 0.214. The molecule has 7 heteroatoms. The number of carbonyl (C=O) groups is 2. The number of ketones is 1. The molecule has 1 saturated heterocycles. The van der Waals surface area contributed by atoms with Crippen LogP contribution in [-0.4, -0.2) is 33.8 Å². The van der Waals surface area contributed by atoms with E-state index in [1.165, 1.54) is 11.2 Å². The second-order valence-electron chi connectivity index (χ2n) is 8.91. The third kappa shape index (κ3) is 3.79. The molecule has 5 rings (SSSR count). The van der Waals surface area contributed by atoms with E-state index in [1.807, 2.05) is 44.2 Å². The van der Waals surface area contributed by atoms with Crippen molar-refractivity contribution < 1.29 is 23.8 Å². The minimum Gasteiger partial charge on any atom is -0.507 e. The molecule has 35 heavy (non-hydrogen) atoms. The lowest BCUT2D eigenvalue weighted by molar-refractivity contribution is -0.140. The lowest BCUT2D eigenvalue weighted by Gasteiger charge is -2.24. The highest BCUT2D eigenvalue weighted by Gasteiger charge is 2.47. The lowest BCUT2D eigenvalue weighted by atomic mass is 9.93. The molecular weight excluding hydrogens is 444 g/mol. The van der Waals surface area contributed by atoms with E-state index in [0.717, 1.165) is 22.0 Å². The Morgan fingerprint density at radius 3 is 2.66 bits per heavy atom. The van der Waals surface area contributed by atoms with Crippen LogP contribution in [0.2, 0.25) is 0 Å². The number of carbonyl (C=O) groups excluding carboxylic acids is 2. The number of furan rings is 1. The zero-order valence-electron chi connectivity index (χ0n) is 19.7. The maximum absolute atomic E-state index is 13.4. The molecule has 3 heterocycles. The molecule has 1 amide bonds. The van der Waals surface area contributed by atoms with Gasteiger partial charge in [-0.1, -0.05) is 32.0 Å². The van der Waals surface area contributed by atoms with Crippen LogP contribution in [0.15, 0.2) is 77.0 Å². The van der Waals surface area contributed by atoms with E-state index in [9.17, 15) is 14.7 Å². The molecule has 178 valence electrons. The number of para-hydroxylation sites is 1. The number of benzene rings is 2. The van der Waals surface area contributed by atoms with Crippen LogP contribution in [0.3, 0.4) is 0 Å². The summed E-state index contributed by atoms with van der Waals surface area (Å²) in [7, 11) is 1.60. The lowest BCUT2D eigenvalue weighted by Crippen LogP contribution is -2.29. The first-order valence-electron chi connectivity index (χ1n) is 11.5. The van der Waals surface area contributed by atoms with Crippen molar-refractivity contribution in [2.75, 3.05) is 7.11 Å². The van der Waals surface area contributed by atoms with Crippen LogP contribution >= 0.6 is 0 Å². The molecule has 1 unspecified atom stereocenters. The maximum atomic E-state index is 13.4. The van der Waals surface area contributed by atoms with Gasteiger partial charge in [-0.15, -0.1) is 0 Å². The molecule has 1 atom stereocenters. The van der Waals surface area contributed by atoms with Gasteiger partial charge in [0.1, 0.15) is 17.3 Å². The van der Waals surface area contributed by atoms with Crippen molar-refractivity contribution in [3.63, 3.8) is 0 Å². The number of hydrogen-bond acceptors (Lipinski definition) is 5. The molecule has 2 N–H and O–H groups in total. The third-order valence-corrected chi connectivity index (χ3v) is 6.49. The summed E-state index contributed by atoms with van der Waals surface area (Å²) in [6.07, 6.45) is 3.31. The molecule has 1 aliphatic heterocycles. The number of Topliss-reactive ketones (excluding diaryl/α,β-unsaturated/α-hetero) is 1. The highest BCUT2D eigenvalue weighted by atomic mass is 16.5. The number of nitrogens with one attached hydrogen (secondary N) is 1. The Kier molecular flexibility index (Phi) is 5.68. The number of aromatic amines is 1. The molecule has 4 aromatic rings. The van der Waals surface area contributed by atoms with Crippen LogP contribution in [-0.2, 0) is 16.1 Å². The quantitative estimate of drug-likeness (QED) is 0.220. The van der Waals surface area contributed by atoms with Gasteiger partial charge >= 0.3 is 0 Å². The van der Waals surface area contributed by atoms with E-state index in [1.54, 1.807) is 37.6 Å². The van der Waals surface area contributed by atoms with Gasteiger partial charge in [-0.25, -0.2) is 0 Å². The molecule has 7 nitrogen and oxygen atoms in total. The number of aromatic nitrogens is 1. The first kappa shape index (κ1) is 22.5. The minimum absolute atomic E-state index is 0.0474. The molecule has 2 aromatic heterocycles. The Bertz CT molecular complexity index is 1450. The largest absolute Gasteiger partial charge is 0.507 e. The van der Waals surface area contributed by atoms with E-state index in [4.69, 9.17) is 9.15 Å². The van der Waals surface area contributed by atoms with Gasteiger partial charge in [-0.3, -0.25) is 9.59 Å². The predicted molar refractivity (Wildman–Crippen MR) is 132 cm³/mol. The first-order valence-corrected chi connectivity index (χ1v) is 11.5. The number of likely N-dealkylation sites (tertiary alicyclic amines) is 1. The van der Waals surface area contributed by atoms with Gasteiger partial charge < -0.3 is 24.1 Å². The van der Waals surface area contributed by atoms with Crippen LogP contribution in [0.5, 0.6) is 5.75 Å². The Labute approximate surface area is 202 Å². The average molecular weight is 471 g/mol. The number of aliphatic hydroxyl groups is 1. The summed E-state index contributed by atoms with van der Waals surface area (Å²) in [6, 6.07) is 15.6. The van der Waals surface area contributed by atoms with E-state index < -0.39 is 17.7 Å². The van der Waals surface area contributed by atoms with E-state index in [-0.39, 0.29) is 23.8 Å². The predicted octanol–water partition coefficient (Wildman–Crippen LogP) is 5.51. The van der Waals surface area contributed by atoms with E-state index >= 15 is 0 Å². The van der Waals surface area contributed by atoms with Gasteiger partial charge in [0.25, 0.3) is 11.7 Å². The van der Waals surface area contributed by atoms with Crippen LogP contribution in [0, 0.1) is 0 Å². The van der Waals surface area contributed by atoms with Crippen LogP contribution in [0.4, 0.5) is 0 Å². The smallest absolute Gasteiger partial charge is 0.296 e. The Balaban J connectivity index is 1.71. The Morgan fingerprint density at radius 1 is 1.14 bits per heavy atom. The van der Waals surface area contributed by atoms with Crippen molar-refractivity contribution in [1.29, 1.82) is 0 Å². The van der Waals surface area contributed by atoms with Crippen LogP contribution in [0.25, 0.3) is 16.7 Å². The summed E-state index contributed by atoms with van der Waals surface area (Å²) in [6.45, 7) is 4.14. The van der Waals surface area contributed by atoms with E-state index in [2.05, 4.69) is 4.98 Å². The second kappa shape index (κ2) is 8.83. The van der Waals surface area contributed by atoms with Crippen molar-refractivity contribution in [2.45, 2.75) is 32.4 Å². The highest BCUT2D eigenvalue weighted by Crippen LogP contribution is 2.43. The summed E-state index contributed by atoms with van der Waals surface area (Å²) in [5.74, 6) is -0.262. The molecule has 0 aliphatic carbocycles. The zero-order valence-corrected chi connectivity index (χ0v) is 19.7. The van der Waals surface area contributed by atoms with E-state index in [0.29, 0.717) is 17.1 Å². The molecule has 2 aromatic carbocycles. The number of methoxy groups -OCH3 is 1. The van der Waals surface area contributed by atoms with Crippen molar-refractivity contribution in [2.24, 2.45) is 0 Å². The van der Waals surface area contributed by atoms with Crippen molar-refractivity contribution in [1.82, 2.24) is 9.88 Å². The second-order valence-corrected chi connectivity index (χ2v) is 8.91. The molecule has 0 saturated carbocycles. The first-order chi connectivity index (χ1) is 16.9. The van der Waals surface area contributed by atoms with Crippen molar-refractivity contribution in [3.8, 4) is 5.75 Å². The molecule has 0 radical (unpaired) electrons. The Morgan fingerprint density at radius 2 is 1.94 bits per heavy atom. The van der Waals surface area contributed by atoms with Crippen LogP contribution in [0.1, 0.15) is 48.3 Å². The Hall–Kier alpha value is -4.26. The summed E-state index contributed by atoms with van der Waals surface area (Å²) in [4.78, 5) is 31.3. The minimum atomic E-state index is -0.791. The van der Waals surface area contributed by atoms with Gasteiger partial charge in [0, 0.05) is 28.2 Å². The van der Waals surface area contributed by atoms with Crippen molar-refractivity contribution in [3.05, 3.63) is 95.1 Å². The topological polar surface area (TPSA) is 95.8 Å². The monoisotopic (exact) mass is 470 g/mol. The maximum Gasteiger partial charge on any atom is 0.296 e. The zero-order chi connectivity index (χ0) is 24.7. The standard InChI is InChI=1S/C28H26N2O5/c1-16(2)20-13-17(10-11-23(20)34-3)26(31)24-25(21-14-29-22-9-5-4-8-19(21)22)30(28(33)27(24)32)15-18-7-6-12-35-18/h4-14,16,25,29,31H,15H2,1-3H3/b26-24+. The molecule has 0 spiro atoms. The number of rotatable bonds is 6. The van der Waals surface area contributed by atoms with Gasteiger partial charge in [-0.2, -0.15) is 0 Å². The van der Waals surface area contributed by atoms with Gasteiger partial charge in [0.15, 0.2) is 0 Å². The van der Waals surface area contributed by atoms with Gasteiger partial charge in [0.05, 0.1) is 31.5 Å².